The normalized spacial score (nSPS) is 11.5. The molecule has 0 saturated heterocycles. The van der Waals surface area contributed by atoms with Crippen LogP contribution in [0.4, 0.5) is 5.69 Å². The number of aliphatic hydroxyl groups excluding tert-OH is 1. The Morgan fingerprint density at radius 1 is 1.17 bits per heavy atom. The number of hydrogen-bond donors (Lipinski definition) is 2. The van der Waals surface area contributed by atoms with E-state index in [9.17, 15) is 20.0 Å². The fourth-order valence-electron chi connectivity index (χ4n) is 1.82. The van der Waals surface area contributed by atoms with Gasteiger partial charge in [-0.15, -0.1) is 0 Å². The Morgan fingerprint density at radius 3 is 2.43 bits per heavy atom. The van der Waals surface area contributed by atoms with Gasteiger partial charge in [0.25, 0.3) is 11.6 Å². The predicted octanol–water partition coefficient (Wildman–Crippen LogP) is 1.76. The molecule has 0 fully saturated rings. The van der Waals surface area contributed by atoms with Crippen molar-refractivity contribution in [1.29, 1.82) is 0 Å². The van der Waals surface area contributed by atoms with Crippen molar-refractivity contribution in [2.24, 2.45) is 0 Å². The van der Waals surface area contributed by atoms with Crippen molar-refractivity contribution in [3.05, 3.63) is 70.3 Å². The van der Waals surface area contributed by atoms with Gasteiger partial charge < -0.3 is 15.2 Å². The Bertz CT molecular complexity index is 658. The van der Waals surface area contributed by atoms with Crippen LogP contribution in [0, 0.1) is 10.1 Å². The number of ether oxygens (including phenoxy) is 1. The summed E-state index contributed by atoms with van der Waals surface area (Å²) in [4.78, 5) is 21.9. The Balaban J connectivity index is 1.78. The van der Waals surface area contributed by atoms with Crippen molar-refractivity contribution in [3.8, 4) is 5.75 Å². The molecule has 0 radical (unpaired) electrons. The topological polar surface area (TPSA) is 102 Å². The molecule has 0 spiro atoms. The molecule has 2 rings (SSSR count). The Kier molecular flexibility index (Phi) is 5.65. The molecule has 7 heteroatoms. The molecule has 7 nitrogen and oxygen atoms in total. The van der Waals surface area contributed by atoms with E-state index in [2.05, 4.69) is 5.32 Å². The molecule has 0 aliphatic rings. The van der Waals surface area contributed by atoms with Crippen molar-refractivity contribution in [2.75, 3.05) is 13.2 Å². The monoisotopic (exact) mass is 316 g/mol. The van der Waals surface area contributed by atoms with E-state index in [1.165, 1.54) is 24.3 Å². The number of benzene rings is 2. The van der Waals surface area contributed by atoms with Gasteiger partial charge in [-0.25, -0.2) is 0 Å². The summed E-state index contributed by atoms with van der Waals surface area (Å²) in [6, 6.07) is 14.3. The molecule has 2 N–H and O–H groups in total. The van der Waals surface area contributed by atoms with Crippen LogP contribution in [0.2, 0.25) is 0 Å². The van der Waals surface area contributed by atoms with Crippen LogP contribution in [-0.2, 0) is 0 Å². The van der Waals surface area contributed by atoms with E-state index in [-0.39, 0.29) is 24.4 Å². The van der Waals surface area contributed by atoms with E-state index in [1.54, 1.807) is 12.1 Å². The molecule has 0 aromatic heterocycles. The van der Waals surface area contributed by atoms with E-state index in [0.717, 1.165) is 0 Å². The molecular weight excluding hydrogens is 300 g/mol. The Labute approximate surface area is 132 Å². The number of nitrogens with zero attached hydrogens (tertiary/aromatic N) is 1. The van der Waals surface area contributed by atoms with Crippen LogP contribution in [0.3, 0.4) is 0 Å². The number of hydrogen-bond acceptors (Lipinski definition) is 5. The zero-order chi connectivity index (χ0) is 16.7. The number of rotatable bonds is 7. The molecule has 0 aliphatic carbocycles. The second kappa shape index (κ2) is 7.90. The molecule has 0 saturated carbocycles. The maximum absolute atomic E-state index is 11.9. The third kappa shape index (κ3) is 5.08. The number of carbonyl (C=O) groups excluding carboxylic acids is 1. The molecule has 0 bridgehead atoms. The number of amides is 1. The van der Waals surface area contributed by atoms with E-state index < -0.39 is 16.9 Å². The number of aliphatic hydroxyl groups is 1. The van der Waals surface area contributed by atoms with Gasteiger partial charge in [-0.2, -0.15) is 0 Å². The fourth-order valence-corrected chi connectivity index (χ4v) is 1.82. The smallest absolute Gasteiger partial charge is 0.269 e. The second-order valence-corrected chi connectivity index (χ2v) is 4.79. The summed E-state index contributed by atoms with van der Waals surface area (Å²) < 4.78 is 5.37. The minimum Gasteiger partial charge on any atom is -0.491 e. The number of para-hydroxylation sites is 1. The highest BCUT2D eigenvalue weighted by atomic mass is 16.6. The zero-order valence-electron chi connectivity index (χ0n) is 12.2. The number of nitro groups is 1. The number of nitro benzene ring substituents is 1. The van der Waals surface area contributed by atoms with Gasteiger partial charge in [0.2, 0.25) is 0 Å². The minimum absolute atomic E-state index is 0.0165. The summed E-state index contributed by atoms with van der Waals surface area (Å²) in [6.45, 7) is 0.0627. The van der Waals surface area contributed by atoms with Crippen LogP contribution in [0.5, 0.6) is 5.75 Å². The fraction of sp³-hybridized carbons (Fsp3) is 0.188. The largest absolute Gasteiger partial charge is 0.491 e. The van der Waals surface area contributed by atoms with Gasteiger partial charge in [0.15, 0.2) is 0 Å². The van der Waals surface area contributed by atoms with Gasteiger partial charge >= 0.3 is 0 Å². The molecule has 0 heterocycles. The van der Waals surface area contributed by atoms with Crippen LogP contribution < -0.4 is 10.1 Å². The van der Waals surface area contributed by atoms with Crippen LogP contribution >= 0.6 is 0 Å². The first-order valence-electron chi connectivity index (χ1n) is 6.95. The first-order valence-corrected chi connectivity index (χ1v) is 6.95. The van der Waals surface area contributed by atoms with Gasteiger partial charge in [0.05, 0.1) is 4.92 Å². The standard InChI is InChI=1S/C16H16N2O5/c19-14(11-23-15-4-2-1-3-5-15)10-17-16(20)12-6-8-13(9-7-12)18(21)22/h1-9,14,19H,10-11H2,(H,17,20). The summed E-state index contributed by atoms with van der Waals surface area (Å²) in [5.41, 5.74) is 0.199. The predicted molar refractivity (Wildman–Crippen MR) is 83.4 cm³/mol. The third-order valence-corrected chi connectivity index (χ3v) is 3.02. The van der Waals surface area contributed by atoms with Gasteiger partial charge in [0.1, 0.15) is 18.5 Å². The second-order valence-electron chi connectivity index (χ2n) is 4.79. The molecule has 1 amide bonds. The minimum atomic E-state index is -0.864. The Hall–Kier alpha value is -2.93. The van der Waals surface area contributed by atoms with Gasteiger partial charge in [-0.1, -0.05) is 18.2 Å². The van der Waals surface area contributed by atoms with Crippen LogP contribution in [0.15, 0.2) is 54.6 Å². The first-order chi connectivity index (χ1) is 11.1. The van der Waals surface area contributed by atoms with Crippen molar-refractivity contribution in [2.45, 2.75) is 6.10 Å². The summed E-state index contributed by atoms with van der Waals surface area (Å²) >= 11 is 0. The Morgan fingerprint density at radius 2 is 1.83 bits per heavy atom. The van der Waals surface area contributed by atoms with Gasteiger partial charge in [0, 0.05) is 24.2 Å². The molecule has 0 aliphatic heterocycles. The molecule has 1 unspecified atom stereocenters. The summed E-state index contributed by atoms with van der Waals surface area (Å²) in [5.74, 6) is 0.215. The lowest BCUT2D eigenvalue weighted by Gasteiger charge is -2.13. The van der Waals surface area contributed by atoms with E-state index in [0.29, 0.717) is 5.75 Å². The average Bonchev–Trinajstić information content (AvgIpc) is 2.58. The molecule has 2 aromatic carbocycles. The van der Waals surface area contributed by atoms with Crippen LogP contribution in [0.1, 0.15) is 10.4 Å². The summed E-state index contributed by atoms with van der Waals surface area (Å²) in [5, 5.41) is 22.9. The zero-order valence-corrected chi connectivity index (χ0v) is 12.2. The highest BCUT2D eigenvalue weighted by Crippen LogP contribution is 2.12. The van der Waals surface area contributed by atoms with Gasteiger partial charge in [-0.3, -0.25) is 14.9 Å². The van der Waals surface area contributed by atoms with E-state index in [4.69, 9.17) is 4.74 Å². The van der Waals surface area contributed by atoms with E-state index in [1.807, 2.05) is 18.2 Å². The summed E-state index contributed by atoms with van der Waals surface area (Å²) in [6.07, 6.45) is -0.864. The van der Waals surface area contributed by atoms with Crippen molar-refractivity contribution >= 4 is 11.6 Å². The van der Waals surface area contributed by atoms with Crippen molar-refractivity contribution < 1.29 is 19.6 Å². The average molecular weight is 316 g/mol. The lowest BCUT2D eigenvalue weighted by atomic mass is 10.2. The highest BCUT2D eigenvalue weighted by molar-refractivity contribution is 5.94. The van der Waals surface area contributed by atoms with E-state index >= 15 is 0 Å². The highest BCUT2D eigenvalue weighted by Gasteiger charge is 2.11. The summed E-state index contributed by atoms with van der Waals surface area (Å²) in [7, 11) is 0. The number of carbonyl (C=O) groups is 1. The lowest BCUT2D eigenvalue weighted by Crippen LogP contribution is -2.35. The molecule has 120 valence electrons. The quantitative estimate of drug-likeness (QED) is 0.598. The lowest BCUT2D eigenvalue weighted by molar-refractivity contribution is -0.384. The molecular formula is C16H16N2O5. The molecule has 2 aromatic rings. The number of non-ortho nitro benzene ring substituents is 1. The van der Waals surface area contributed by atoms with Gasteiger partial charge in [-0.05, 0) is 24.3 Å². The van der Waals surface area contributed by atoms with Crippen LogP contribution in [-0.4, -0.2) is 35.2 Å². The van der Waals surface area contributed by atoms with Crippen molar-refractivity contribution in [3.63, 3.8) is 0 Å². The maximum atomic E-state index is 11.9. The third-order valence-electron chi connectivity index (χ3n) is 3.02. The van der Waals surface area contributed by atoms with Crippen molar-refractivity contribution in [1.82, 2.24) is 5.32 Å². The molecule has 23 heavy (non-hydrogen) atoms. The molecule has 1 atom stereocenters. The SMILES string of the molecule is O=C(NCC(O)COc1ccccc1)c1ccc([N+](=O)[O-])cc1. The number of nitrogens with one attached hydrogen (secondary N) is 1. The van der Waals surface area contributed by atoms with Crippen LogP contribution in [0.25, 0.3) is 0 Å². The first kappa shape index (κ1) is 16.4. The maximum Gasteiger partial charge on any atom is 0.269 e.